The van der Waals surface area contributed by atoms with Gasteiger partial charge in [-0.3, -0.25) is 4.99 Å². The Morgan fingerprint density at radius 2 is 2.35 bits per heavy atom. The van der Waals surface area contributed by atoms with Gasteiger partial charge >= 0.3 is 0 Å². The fraction of sp³-hybridized carbons (Fsp3) is 0.562. The first-order chi connectivity index (χ1) is 11.1. The number of aromatic nitrogens is 2. The van der Waals surface area contributed by atoms with Crippen molar-refractivity contribution >= 4 is 18.0 Å². The van der Waals surface area contributed by atoms with Crippen molar-refractivity contribution in [2.45, 2.75) is 39.2 Å². The van der Waals surface area contributed by atoms with Gasteiger partial charge in [-0.2, -0.15) is 4.98 Å². The quantitative estimate of drug-likeness (QED) is 0.570. The van der Waals surface area contributed by atoms with Gasteiger partial charge in [-0.05, 0) is 13.3 Å². The molecule has 0 aliphatic rings. The number of nitrogens with two attached hydrogens (primary N) is 1. The molecule has 0 saturated carbocycles. The topological polar surface area (TPSA) is 106 Å². The van der Waals surface area contributed by atoms with Crippen LogP contribution in [0, 0.1) is 0 Å². The average molecular weight is 321 g/mol. The number of nitrogens with zero attached hydrogens (tertiary/aromatic N) is 3. The lowest BCUT2D eigenvalue weighted by molar-refractivity contribution is 0.266. The van der Waals surface area contributed by atoms with Gasteiger partial charge in [0.15, 0.2) is 11.6 Å². The van der Waals surface area contributed by atoms with Crippen molar-refractivity contribution < 1.29 is 9.84 Å². The van der Waals surface area contributed by atoms with Crippen LogP contribution in [0.25, 0.3) is 0 Å². The molecule has 0 aliphatic carbocycles. The molecular weight excluding hydrogens is 294 g/mol. The highest BCUT2D eigenvalue weighted by atomic mass is 16.5. The van der Waals surface area contributed by atoms with E-state index in [0.29, 0.717) is 18.2 Å². The Bertz CT molecular complexity index is 531. The SMILES string of the molecule is C/C=C(\C=NC)COc1cnc(N)nc1N[C@H](CO)CCCC. The zero-order chi connectivity index (χ0) is 17.1. The van der Waals surface area contributed by atoms with Gasteiger partial charge in [-0.1, -0.05) is 25.8 Å². The molecular formula is C16H27N5O2. The van der Waals surface area contributed by atoms with Crippen LogP contribution >= 0.6 is 0 Å². The number of unbranched alkanes of at least 4 members (excludes halogenated alkanes) is 1. The molecule has 1 rings (SSSR count). The van der Waals surface area contributed by atoms with E-state index in [9.17, 15) is 5.11 Å². The fourth-order valence-electron chi connectivity index (χ4n) is 1.97. The van der Waals surface area contributed by atoms with Crippen LogP contribution < -0.4 is 15.8 Å². The maximum absolute atomic E-state index is 9.50. The summed E-state index contributed by atoms with van der Waals surface area (Å²) in [5, 5.41) is 12.7. The molecule has 0 fully saturated rings. The molecule has 0 spiro atoms. The van der Waals surface area contributed by atoms with E-state index in [2.05, 4.69) is 27.2 Å². The second kappa shape index (κ2) is 10.6. The third-order valence-electron chi connectivity index (χ3n) is 3.30. The number of nitrogens with one attached hydrogen (secondary N) is 1. The Morgan fingerprint density at radius 3 is 2.96 bits per heavy atom. The number of hydrogen-bond acceptors (Lipinski definition) is 7. The van der Waals surface area contributed by atoms with Crippen LogP contribution in [0.1, 0.15) is 33.1 Å². The van der Waals surface area contributed by atoms with Crippen molar-refractivity contribution in [1.82, 2.24) is 9.97 Å². The largest absolute Gasteiger partial charge is 0.483 e. The van der Waals surface area contributed by atoms with E-state index in [0.717, 1.165) is 24.8 Å². The molecule has 7 nitrogen and oxygen atoms in total. The van der Waals surface area contributed by atoms with Gasteiger partial charge in [0.05, 0.1) is 18.8 Å². The number of rotatable bonds is 10. The maximum Gasteiger partial charge on any atom is 0.222 e. The monoisotopic (exact) mass is 321 g/mol. The summed E-state index contributed by atoms with van der Waals surface area (Å²) in [4.78, 5) is 12.1. The zero-order valence-corrected chi connectivity index (χ0v) is 14.1. The molecule has 0 radical (unpaired) electrons. The van der Waals surface area contributed by atoms with Crippen molar-refractivity contribution in [3.05, 3.63) is 17.8 Å². The lowest BCUT2D eigenvalue weighted by atomic mass is 10.1. The molecule has 0 bridgehead atoms. The van der Waals surface area contributed by atoms with E-state index in [1.54, 1.807) is 13.3 Å². The predicted molar refractivity (Wildman–Crippen MR) is 94.1 cm³/mol. The van der Waals surface area contributed by atoms with Crippen LogP contribution in [-0.2, 0) is 0 Å². The molecule has 7 heteroatoms. The maximum atomic E-state index is 9.50. The first kappa shape index (κ1) is 18.9. The molecule has 0 aromatic carbocycles. The molecule has 23 heavy (non-hydrogen) atoms. The number of aliphatic hydroxyl groups is 1. The summed E-state index contributed by atoms with van der Waals surface area (Å²) < 4.78 is 5.76. The summed E-state index contributed by atoms with van der Waals surface area (Å²) >= 11 is 0. The highest BCUT2D eigenvalue weighted by Gasteiger charge is 2.13. The molecule has 1 atom stereocenters. The Morgan fingerprint density at radius 1 is 1.57 bits per heavy atom. The number of hydrogen-bond donors (Lipinski definition) is 3. The summed E-state index contributed by atoms with van der Waals surface area (Å²) in [6, 6.07) is -0.0926. The highest BCUT2D eigenvalue weighted by molar-refractivity contribution is 5.78. The van der Waals surface area contributed by atoms with Gasteiger partial charge in [-0.15, -0.1) is 0 Å². The minimum absolute atomic E-state index is 0.0198. The summed E-state index contributed by atoms with van der Waals surface area (Å²) in [6.07, 6.45) is 8.13. The van der Waals surface area contributed by atoms with Gasteiger partial charge in [0.1, 0.15) is 6.61 Å². The van der Waals surface area contributed by atoms with E-state index in [1.807, 2.05) is 13.0 Å². The van der Waals surface area contributed by atoms with Gasteiger partial charge in [0.2, 0.25) is 5.95 Å². The van der Waals surface area contributed by atoms with Crippen LogP contribution in [0.4, 0.5) is 11.8 Å². The average Bonchev–Trinajstić information content (AvgIpc) is 2.56. The Balaban J connectivity index is 2.83. The molecule has 0 saturated heterocycles. The number of anilines is 2. The Labute approximate surface area is 137 Å². The van der Waals surface area contributed by atoms with Crippen LogP contribution in [0.2, 0.25) is 0 Å². The van der Waals surface area contributed by atoms with E-state index >= 15 is 0 Å². The highest BCUT2D eigenvalue weighted by Crippen LogP contribution is 2.23. The number of ether oxygens (including phenoxy) is 1. The van der Waals surface area contributed by atoms with Crippen molar-refractivity contribution in [2.75, 3.05) is 31.3 Å². The molecule has 0 unspecified atom stereocenters. The van der Waals surface area contributed by atoms with Crippen LogP contribution in [0.3, 0.4) is 0 Å². The second-order valence-corrected chi connectivity index (χ2v) is 5.15. The molecule has 1 aromatic rings. The van der Waals surface area contributed by atoms with Crippen molar-refractivity contribution in [3.8, 4) is 5.75 Å². The third-order valence-corrected chi connectivity index (χ3v) is 3.30. The lowest BCUT2D eigenvalue weighted by Crippen LogP contribution is -2.25. The number of aliphatic hydroxyl groups excluding tert-OH is 1. The molecule has 1 heterocycles. The zero-order valence-electron chi connectivity index (χ0n) is 14.1. The Kier molecular flexibility index (Phi) is 8.67. The van der Waals surface area contributed by atoms with Gasteiger partial charge < -0.3 is 20.9 Å². The van der Waals surface area contributed by atoms with Crippen LogP contribution in [0.5, 0.6) is 5.75 Å². The van der Waals surface area contributed by atoms with Gasteiger partial charge in [-0.25, -0.2) is 4.98 Å². The lowest BCUT2D eigenvalue weighted by Gasteiger charge is -2.19. The van der Waals surface area contributed by atoms with Crippen LogP contribution in [0.15, 0.2) is 22.8 Å². The molecule has 128 valence electrons. The predicted octanol–water partition coefficient (Wildman–Crippen LogP) is 2.05. The number of allylic oxidation sites excluding steroid dienone is 1. The normalized spacial score (nSPS) is 13.3. The minimum Gasteiger partial charge on any atom is -0.483 e. The van der Waals surface area contributed by atoms with Crippen LogP contribution in [-0.4, -0.2) is 47.6 Å². The van der Waals surface area contributed by atoms with E-state index in [-0.39, 0.29) is 18.6 Å². The Hall–Kier alpha value is -2.15. The van der Waals surface area contributed by atoms with E-state index < -0.39 is 0 Å². The summed E-state index contributed by atoms with van der Waals surface area (Å²) in [5.74, 6) is 1.16. The van der Waals surface area contributed by atoms with Crippen molar-refractivity contribution in [2.24, 2.45) is 4.99 Å². The third kappa shape index (κ3) is 6.65. The molecule has 1 aromatic heterocycles. The van der Waals surface area contributed by atoms with Crippen molar-refractivity contribution in [3.63, 3.8) is 0 Å². The fourth-order valence-corrected chi connectivity index (χ4v) is 1.97. The summed E-state index contributed by atoms with van der Waals surface area (Å²) in [7, 11) is 1.71. The smallest absolute Gasteiger partial charge is 0.222 e. The standard InChI is InChI=1S/C16H27N5O2/c1-4-6-7-13(10-22)20-15-14(9-19-16(17)21-15)23-11-12(5-2)8-18-3/h5,8-9,13,22H,4,6-7,10-11H2,1-3H3,(H3,17,19,20,21)/b12-5+,18-8?/t13-/m0/s1. The molecule has 0 aliphatic heterocycles. The number of aliphatic imine (C=N–C) groups is 1. The van der Waals surface area contributed by atoms with Gasteiger partial charge in [0.25, 0.3) is 0 Å². The first-order valence-electron chi connectivity index (χ1n) is 7.84. The van der Waals surface area contributed by atoms with E-state index in [1.165, 1.54) is 6.20 Å². The second-order valence-electron chi connectivity index (χ2n) is 5.15. The number of nitrogen functional groups attached to an aromatic ring is 1. The molecule has 0 amide bonds. The first-order valence-corrected chi connectivity index (χ1v) is 7.84. The van der Waals surface area contributed by atoms with E-state index in [4.69, 9.17) is 10.5 Å². The summed E-state index contributed by atoms with van der Waals surface area (Å²) in [5.41, 5.74) is 6.61. The van der Waals surface area contributed by atoms with Gasteiger partial charge in [0, 0.05) is 18.8 Å². The van der Waals surface area contributed by atoms with Crippen molar-refractivity contribution in [1.29, 1.82) is 0 Å². The summed E-state index contributed by atoms with van der Waals surface area (Å²) in [6.45, 7) is 4.41. The minimum atomic E-state index is -0.0926. The molecule has 4 N–H and O–H groups in total.